The third-order valence-electron chi connectivity index (χ3n) is 2.12. The van der Waals surface area contributed by atoms with Crippen LogP contribution >= 0.6 is 0 Å². The average molecular weight is 260 g/mol. The summed E-state index contributed by atoms with van der Waals surface area (Å²) in [7, 11) is 3.95. The summed E-state index contributed by atoms with van der Waals surface area (Å²) in [4.78, 5) is 25.5. The SMILES string of the molecule is CC(=O)OCCCN(CCOC(C)=O)CN(C)C. The zero-order valence-electron chi connectivity index (χ0n) is 11.8. The van der Waals surface area contributed by atoms with Crippen LogP contribution in [0.3, 0.4) is 0 Å². The van der Waals surface area contributed by atoms with E-state index in [1.54, 1.807) is 0 Å². The molecule has 0 amide bonds. The minimum atomic E-state index is -0.264. The van der Waals surface area contributed by atoms with Crippen LogP contribution in [0.25, 0.3) is 0 Å². The third-order valence-corrected chi connectivity index (χ3v) is 2.12. The van der Waals surface area contributed by atoms with Crippen LogP contribution in [0.1, 0.15) is 20.3 Å². The van der Waals surface area contributed by atoms with Gasteiger partial charge in [0.15, 0.2) is 0 Å². The van der Waals surface area contributed by atoms with E-state index in [0.717, 1.165) is 19.6 Å². The Morgan fingerprint density at radius 1 is 0.944 bits per heavy atom. The first-order chi connectivity index (χ1) is 8.41. The lowest BCUT2D eigenvalue weighted by Crippen LogP contribution is -2.37. The van der Waals surface area contributed by atoms with Gasteiger partial charge < -0.3 is 9.47 Å². The van der Waals surface area contributed by atoms with Crippen LogP contribution in [0.2, 0.25) is 0 Å². The van der Waals surface area contributed by atoms with E-state index in [1.165, 1.54) is 13.8 Å². The zero-order chi connectivity index (χ0) is 14.0. The van der Waals surface area contributed by atoms with Crippen LogP contribution in [0.15, 0.2) is 0 Å². The lowest BCUT2D eigenvalue weighted by molar-refractivity contribution is -0.142. The Kier molecular flexibility index (Phi) is 9.22. The second-order valence-corrected chi connectivity index (χ2v) is 4.37. The van der Waals surface area contributed by atoms with Gasteiger partial charge in [0, 0.05) is 26.9 Å². The van der Waals surface area contributed by atoms with Gasteiger partial charge in [0.1, 0.15) is 6.61 Å². The highest BCUT2D eigenvalue weighted by Crippen LogP contribution is 1.95. The molecule has 0 saturated heterocycles. The lowest BCUT2D eigenvalue weighted by Gasteiger charge is -2.25. The summed E-state index contributed by atoms with van der Waals surface area (Å²) >= 11 is 0. The first kappa shape index (κ1) is 16.9. The molecule has 0 aromatic rings. The molecule has 0 bridgehead atoms. The predicted molar refractivity (Wildman–Crippen MR) is 68.0 cm³/mol. The van der Waals surface area contributed by atoms with Gasteiger partial charge in [0.2, 0.25) is 0 Å². The van der Waals surface area contributed by atoms with Gasteiger partial charge in [-0.25, -0.2) is 0 Å². The molecule has 18 heavy (non-hydrogen) atoms. The van der Waals surface area contributed by atoms with Crippen molar-refractivity contribution in [2.24, 2.45) is 0 Å². The van der Waals surface area contributed by atoms with E-state index in [-0.39, 0.29) is 11.9 Å². The summed E-state index contributed by atoms with van der Waals surface area (Å²) in [5.41, 5.74) is 0. The molecule has 0 heterocycles. The number of hydrogen-bond acceptors (Lipinski definition) is 6. The van der Waals surface area contributed by atoms with Crippen molar-refractivity contribution >= 4 is 11.9 Å². The van der Waals surface area contributed by atoms with Crippen molar-refractivity contribution in [1.82, 2.24) is 9.80 Å². The summed E-state index contributed by atoms with van der Waals surface area (Å²) in [6, 6.07) is 0. The van der Waals surface area contributed by atoms with Crippen molar-refractivity contribution in [2.45, 2.75) is 20.3 Å². The van der Waals surface area contributed by atoms with Crippen molar-refractivity contribution in [3.8, 4) is 0 Å². The minimum Gasteiger partial charge on any atom is -0.466 e. The van der Waals surface area contributed by atoms with Gasteiger partial charge in [-0.15, -0.1) is 0 Å². The van der Waals surface area contributed by atoms with E-state index in [1.807, 2.05) is 19.0 Å². The Balaban J connectivity index is 3.83. The average Bonchev–Trinajstić information content (AvgIpc) is 2.22. The summed E-state index contributed by atoms with van der Waals surface area (Å²) in [5.74, 6) is -0.520. The molecule has 0 rings (SSSR count). The number of esters is 2. The fourth-order valence-corrected chi connectivity index (χ4v) is 1.48. The molecule has 0 aromatic carbocycles. The van der Waals surface area contributed by atoms with Crippen LogP contribution in [0.5, 0.6) is 0 Å². The van der Waals surface area contributed by atoms with E-state index >= 15 is 0 Å². The number of hydrogen-bond donors (Lipinski definition) is 0. The minimum absolute atomic E-state index is 0.255. The number of carbonyl (C=O) groups is 2. The maximum absolute atomic E-state index is 10.7. The Labute approximate surface area is 109 Å². The van der Waals surface area contributed by atoms with E-state index in [9.17, 15) is 9.59 Å². The monoisotopic (exact) mass is 260 g/mol. The van der Waals surface area contributed by atoms with Crippen LogP contribution in [0, 0.1) is 0 Å². The highest BCUT2D eigenvalue weighted by molar-refractivity contribution is 5.66. The standard InChI is InChI=1S/C12H24N2O4/c1-11(15)17-8-5-6-14(10-13(3)4)7-9-18-12(2)16/h5-10H2,1-4H3. The van der Waals surface area contributed by atoms with Crippen molar-refractivity contribution in [3.05, 3.63) is 0 Å². The Bertz CT molecular complexity index is 256. The molecule has 106 valence electrons. The van der Waals surface area contributed by atoms with Gasteiger partial charge in [-0.2, -0.15) is 0 Å². The molecule has 6 nitrogen and oxygen atoms in total. The number of ether oxygens (including phenoxy) is 2. The van der Waals surface area contributed by atoms with Crippen molar-refractivity contribution in [1.29, 1.82) is 0 Å². The Morgan fingerprint density at radius 3 is 2.00 bits per heavy atom. The molecule has 0 aliphatic carbocycles. The van der Waals surface area contributed by atoms with Gasteiger partial charge in [-0.3, -0.25) is 19.4 Å². The van der Waals surface area contributed by atoms with E-state index in [0.29, 0.717) is 19.8 Å². The van der Waals surface area contributed by atoms with Crippen molar-refractivity contribution in [2.75, 3.05) is 47.1 Å². The molecule has 0 aromatic heterocycles. The fraction of sp³-hybridized carbons (Fsp3) is 0.833. The predicted octanol–water partition coefficient (Wildman–Crippen LogP) is 0.324. The second-order valence-electron chi connectivity index (χ2n) is 4.37. The number of nitrogens with zero attached hydrogens (tertiary/aromatic N) is 2. The summed E-state index contributed by atoms with van der Waals surface area (Å²) in [6.07, 6.45) is 0.771. The maximum atomic E-state index is 10.7. The summed E-state index contributed by atoms with van der Waals surface area (Å²) in [6.45, 7) is 5.87. The molecular formula is C12H24N2O4. The summed E-state index contributed by atoms with van der Waals surface area (Å²) in [5, 5.41) is 0. The Hall–Kier alpha value is -1.14. The Morgan fingerprint density at radius 2 is 1.50 bits per heavy atom. The topological polar surface area (TPSA) is 59.1 Å². The van der Waals surface area contributed by atoms with Gasteiger partial charge in [0.05, 0.1) is 13.3 Å². The molecule has 0 unspecified atom stereocenters. The van der Waals surface area contributed by atoms with Crippen molar-refractivity contribution < 1.29 is 19.1 Å². The normalized spacial score (nSPS) is 10.8. The van der Waals surface area contributed by atoms with Crippen LogP contribution < -0.4 is 0 Å². The molecule has 0 saturated carbocycles. The first-order valence-corrected chi connectivity index (χ1v) is 6.05. The fourth-order valence-electron chi connectivity index (χ4n) is 1.48. The van der Waals surface area contributed by atoms with E-state index in [2.05, 4.69) is 4.90 Å². The van der Waals surface area contributed by atoms with E-state index < -0.39 is 0 Å². The number of rotatable bonds is 9. The molecule has 0 spiro atoms. The second kappa shape index (κ2) is 9.85. The molecule has 0 aliphatic heterocycles. The largest absolute Gasteiger partial charge is 0.466 e. The third kappa shape index (κ3) is 11.3. The zero-order valence-corrected chi connectivity index (χ0v) is 11.8. The van der Waals surface area contributed by atoms with Gasteiger partial charge >= 0.3 is 11.9 Å². The first-order valence-electron chi connectivity index (χ1n) is 6.05. The quantitative estimate of drug-likeness (QED) is 0.338. The molecule has 0 N–H and O–H groups in total. The molecule has 0 radical (unpaired) electrons. The molecule has 6 heteroatoms. The molecule has 0 atom stereocenters. The van der Waals surface area contributed by atoms with Crippen LogP contribution in [0.4, 0.5) is 0 Å². The molecule has 0 aliphatic rings. The van der Waals surface area contributed by atoms with Crippen LogP contribution in [-0.4, -0.2) is 68.8 Å². The number of carbonyl (C=O) groups excluding carboxylic acids is 2. The molecule has 0 fully saturated rings. The van der Waals surface area contributed by atoms with E-state index in [4.69, 9.17) is 9.47 Å². The lowest BCUT2D eigenvalue weighted by atomic mass is 10.4. The van der Waals surface area contributed by atoms with Gasteiger partial charge in [-0.05, 0) is 20.5 Å². The maximum Gasteiger partial charge on any atom is 0.302 e. The van der Waals surface area contributed by atoms with Gasteiger partial charge in [-0.1, -0.05) is 0 Å². The highest BCUT2D eigenvalue weighted by Gasteiger charge is 2.07. The smallest absolute Gasteiger partial charge is 0.302 e. The highest BCUT2D eigenvalue weighted by atomic mass is 16.5. The summed E-state index contributed by atoms with van der Waals surface area (Å²) < 4.78 is 9.79. The van der Waals surface area contributed by atoms with Crippen molar-refractivity contribution in [3.63, 3.8) is 0 Å². The van der Waals surface area contributed by atoms with Crippen LogP contribution in [-0.2, 0) is 19.1 Å². The molecular weight excluding hydrogens is 236 g/mol. The van der Waals surface area contributed by atoms with Gasteiger partial charge in [0.25, 0.3) is 0 Å².